The van der Waals surface area contributed by atoms with E-state index in [-0.39, 0.29) is 98.0 Å². The van der Waals surface area contributed by atoms with E-state index in [9.17, 15) is 24.6 Å². The Morgan fingerprint density at radius 1 is 0.558 bits per heavy atom. The van der Waals surface area contributed by atoms with Crippen LogP contribution < -0.4 is 58.9 Å². The number of nitrogens with zero attached hydrogens (tertiary/aromatic N) is 3. The molecule has 3 radical (unpaired) electrons. The second-order valence-electron chi connectivity index (χ2n) is 29.5. The van der Waals surface area contributed by atoms with Crippen LogP contribution in [-0.2, 0) is 29.0 Å². The molecule has 2 spiro atoms. The summed E-state index contributed by atoms with van der Waals surface area (Å²) in [6.07, 6.45) is 20.1. The Labute approximate surface area is 593 Å². The Kier molecular flexibility index (Phi) is 30.2. The quantitative estimate of drug-likeness (QED) is 0.0893. The molecular formula is C76H113BN4NaO13. The van der Waals surface area contributed by atoms with Gasteiger partial charge in [-0.25, -0.2) is 19.4 Å². The van der Waals surface area contributed by atoms with Gasteiger partial charge in [0, 0.05) is 117 Å². The number of carbonyl (C=O) groups excluding carboxylic acids is 4. The number of ketones is 1. The number of fused-ring (bicyclic) bond motifs is 2. The van der Waals surface area contributed by atoms with Crippen LogP contribution in [-0.4, -0.2) is 149 Å². The summed E-state index contributed by atoms with van der Waals surface area (Å²) in [5.74, 6) is 2.90. The molecule has 0 aromatic heterocycles. The van der Waals surface area contributed by atoms with E-state index >= 15 is 0 Å². The van der Waals surface area contributed by atoms with Crippen molar-refractivity contribution in [2.45, 2.75) is 270 Å². The zero-order valence-electron chi connectivity index (χ0n) is 58.3. The number of rotatable bonds is 7. The predicted octanol–water partition coefficient (Wildman–Crippen LogP) is 10.4. The maximum absolute atomic E-state index is 11.4. The summed E-state index contributed by atoms with van der Waals surface area (Å²) in [5.41, 5.74) is 4.85. The van der Waals surface area contributed by atoms with Crippen molar-refractivity contribution in [1.29, 1.82) is 0 Å². The van der Waals surface area contributed by atoms with Gasteiger partial charge in [-0.05, 0) is 240 Å². The van der Waals surface area contributed by atoms with Crippen LogP contribution in [0.25, 0.3) is 0 Å². The molecule has 4 aromatic rings. The Bertz CT molecular complexity index is 3070. The van der Waals surface area contributed by atoms with Gasteiger partial charge in [0.1, 0.15) is 51.5 Å². The van der Waals surface area contributed by atoms with E-state index in [4.69, 9.17) is 28.8 Å². The Morgan fingerprint density at radius 3 is 1.29 bits per heavy atom. The van der Waals surface area contributed by atoms with Crippen molar-refractivity contribution in [1.82, 2.24) is 20.0 Å². The third kappa shape index (κ3) is 22.1. The number of ether oxygens (including phenoxy) is 4. The third-order valence-corrected chi connectivity index (χ3v) is 20.7. The molecule has 519 valence electrons. The molecule has 3 N–H and O–H groups in total. The standard InChI is InChI=1S/C34H48N2O3.C24H29NO3.C10H19NO.C4H6O4.C2H4O2.2CH4.B.Na/c1-32(2)21-25(22-33(3,4)35(32)5)36-17-15-34(16-18-36)23-30(24-9-8-10-26(37)19-24)29-14-13-28(20-31(29)39-34)38-27-11-6-7-12-27;26-18-5-3-4-17(14-18)22-16-24(10-12-25-13-11-24)28-23-15-20(8-9-21(22)23)27-19-6-1-2-7-19;1-9(2)6-8(12)7-10(3,4)11(9)5;1-3(5)7-8-4(2)6;1-2(3)4;;;;/h8-10,13-14,19-20,25,27,30,37H,6-7,11-12,15-18,21-23H2,1-5H3;3-5,8-9,14-15,19,22,25-26H,1-2,6-7,10-13,16H2;6-7H2,1-5H3;1-2H3;1H3,(H,3,4);2*1H4;;/q;;;;;;;;+1/p-1. The molecule has 2 aliphatic carbocycles. The van der Waals surface area contributed by atoms with E-state index in [1.54, 1.807) is 12.1 Å². The zero-order chi connectivity index (χ0) is 66.1. The summed E-state index contributed by atoms with van der Waals surface area (Å²) in [6, 6.07) is 29.0. The Morgan fingerprint density at radius 2 is 0.926 bits per heavy atom. The van der Waals surface area contributed by atoms with Crippen LogP contribution in [0.3, 0.4) is 0 Å². The van der Waals surface area contributed by atoms with Crippen molar-refractivity contribution in [3.63, 3.8) is 0 Å². The molecule has 6 heterocycles. The summed E-state index contributed by atoms with van der Waals surface area (Å²) < 4.78 is 26.3. The molecule has 2 atom stereocenters. The number of likely N-dealkylation sites (tertiary alicyclic amines) is 3. The molecule has 6 fully saturated rings. The van der Waals surface area contributed by atoms with Gasteiger partial charge in [0.15, 0.2) is 0 Å². The smallest absolute Gasteiger partial charge is 0.550 e. The van der Waals surface area contributed by atoms with Gasteiger partial charge < -0.3 is 44.4 Å². The number of aliphatic carboxylic acids is 1. The monoisotopic (exact) mass is 1320 g/mol. The molecule has 17 nitrogen and oxygen atoms in total. The minimum absolute atomic E-state index is 0. The van der Waals surface area contributed by atoms with Gasteiger partial charge >= 0.3 is 41.5 Å². The van der Waals surface area contributed by atoms with Gasteiger partial charge in [-0.3, -0.25) is 19.5 Å². The van der Waals surface area contributed by atoms with Gasteiger partial charge in [-0.15, -0.1) is 0 Å². The molecule has 6 aliphatic heterocycles. The fraction of sp³-hybridized carbons (Fsp3) is 0.632. The number of benzene rings is 4. The third-order valence-electron chi connectivity index (χ3n) is 20.7. The maximum atomic E-state index is 11.4. The number of phenolic OH excluding ortho intramolecular Hbond substituents is 2. The maximum Gasteiger partial charge on any atom is 1.00 e. The van der Waals surface area contributed by atoms with Crippen LogP contribution in [0, 0.1) is 0 Å². The number of hydrogen-bond acceptors (Lipinski definition) is 17. The number of piperidine rings is 4. The van der Waals surface area contributed by atoms with Crippen LogP contribution in [0.1, 0.15) is 241 Å². The van der Waals surface area contributed by atoms with E-state index in [1.807, 2.05) is 24.3 Å². The van der Waals surface area contributed by atoms with E-state index in [1.165, 1.54) is 55.2 Å². The van der Waals surface area contributed by atoms with Crippen molar-refractivity contribution in [3.8, 4) is 34.5 Å². The number of carboxylic acid groups (broad SMARTS) is 1. The zero-order valence-corrected chi connectivity index (χ0v) is 60.3. The predicted molar refractivity (Wildman–Crippen MR) is 370 cm³/mol. The number of carbonyl (C=O) groups is 4. The average molecular weight is 1320 g/mol. The Balaban J connectivity index is 0.000000298. The van der Waals surface area contributed by atoms with E-state index in [2.05, 4.69) is 148 Å². The van der Waals surface area contributed by atoms with Gasteiger partial charge in [0.05, 0.1) is 12.2 Å². The first-order chi connectivity index (χ1) is 42.9. The van der Waals surface area contributed by atoms with Crippen molar-refractivity contribution < 1.29 is 92.8 Å². The number of nitrogens with one attached hydrogen (secondary N) is 1. The number of aromatic hydroxyl groups is 2. The summed E-state index contributed by atoms with van der Waals surface area (Å²) in [4.78, 5) is 55.3. The molecule has 2 unspecified atom stereocenters. The van der Waals surface area contributed by atoms with Gasteiger partial charge in [0.25, 0.3) is 0 Å². The first-order valence-corrected chi connectivity index (χ1v) is 33.4. The SMILES string of the molecule is C.C.CC(=O)OOC(C)=O.CC(=O)[O-].CN1C(C)(C)CC(=O)CC1(C)C.CN1C(C)(C)CC(N2CCC3(CC2)CC(c2cccc(O)c2)c2ccc(OC4CCCC4)cc2O3)CC1(C)C.Oc1cccc(C2CC3(CCNCC3)Oc3cc(OC4CCCC4)ccc32)c1.[B].[Na+]. The number of phenols is 2. The first-order valence-electron chi connectivity index (χ1n) is 33.4. The summed E-state index contributed by atoms with van der Waals surface area (Å²) in [5, 5.41) is 32.7. The van der Waals surface area contributed by atoms with E-state index < -0.39 is 17.9 Å². The van der Waals surface area contributed by atoms with Gasteiger partial charge in [-0.1, -0.05) is 51.3 Å². The fourth-order valence-electron chi connectivity index (χ4n) is 15.5. The molecule has 4 aromatic carbocycles. The minimum Gasteiger partial charge on any atom is -0.550 e. The summed E-state index contributed by atoms with van der Waals surface area (Å²) in [6.45, 7) is 25.5. The molecule has 95 heavy (non-hydrogen) atoms. The molecule has 12 rings (SSSR count). The fourth-order valence-corrected chi connectivity index (χ4v) is 15.5. The second-order valence-corrected chi connectivity index (χ2v) is 29.5. The molecule has 19 heteroatoms. The van der Waals surface area contributed by atoms with Gasteiger partial charge in [0.2, 0.25) is 0 Å². The Hall–Kier alpha value is -5.34. The van der Waals surface area contributed by atoms with Crippen LogP contribution in [0.2, 0.25) is 0 Å². The second kappa shape index (κ2) is 34.9. The van der Waals surface area contributed by atoms with Crippen LogP contribution in [0.4, 0.5) is 0 Å². The van der Waals surface area contributed by atoms with Crippen LogP contribution >= 0.6 is 0 Å². The molecule has 0 bridgehead atoms. The number of Topliss-reactive ketones (excluding diaryl/α,β-unsaturated/α-hetero) is 1. The van der Waals surface area contributed by atoms with Crippen LogP contribution in [0.5, 0.6) is 34.5 Å². The summed E-state index contributed by atoms with van der Waals surface area (Å²) in [7, 11) is 4.40. The minimum atomic E-state index is -1.08. The van der Waals surface area contributed by atoms with Gasteiger partial charge in [-0.2, -0.15) is 0 Å². The van der Waals surface area contributed by atoms with Crippen molar-refractivity contribution >= 4 is 32.1 Å². The molecular weight excluding hydrogens is 1210 g/mol. The number of hydrogen-bond donors (Lipinski definition) is 3. The van der Waals surface area contributed by atoms with E-state index in [0.29, 0.717) is 48.4 Å². The molecule has 8 aliphatic rings. The largest absolute Gasteiger partial charge is 1.00 e. The molecule has 4 saturated heterocycles. The average Bonchev–Trinajstić information content (AvgIpc) is 1.70. The summed E-state index contributed by atoms with van der Waals surface area (Å²) >= 11 is 0. The number of carboxylic acids is 1. The van der Waals surface area contributed by atoms with Crippen molar-refractivity contribution in [2.75, 3.05) is 40.3 Å². The van der Waals surface area contributed by atoms with Crippen LogP contribution in [0.15, 0.2) is 84.9 Å². The topological polar surface area (TPSA) is 209 Å². The van der Waals surface area contributed by atoms with E-state index in [0.717, 1.165) is 140 Å². The molecule has 0 amide bonds. The normalized spacial score (nSPS) is 22.8. The van der Waals surface area contributed by atoms with Crippen molar-refractivity contribution in [2.24, 2.45) is 0 Å². The molecule has 2 saturated carbocycles. The van der Waals surface area contributed by atoms with Crippen molar-refractivity contribution in [3.05, 3.63) is 107 Å². The first kappa shape index (κ1) is 82.1.